The number of methoxy groups -OCH3 is 1. The number of ether oxygens (including phenoxy) is 2. The van der Waals surface area contributed by atoms with Crippen molar-refractivity contribution in [2.24, 2.45) is 5.92 Å². The quantitative estimate of drug-likeness (QED) is 0.665. The molecule has 3 atom stereocenters. The molecule has 0 bridgehead atoms. The highest BCUT2D eigenvalue weighted by molar-refractivity contribution is 4.75. The van der Waals surface area contributed by atoms with Crippen molar-refractivity contribution < 1.29 is 9.47 Å². The topological polar surface area (TPSA) is 30.5 Å². The first-order chi connectivity index (χ1) is 5.74. The molecule has 0 radical (unpaired) electrons. The molecule has 0 aliphatic carbocycles. The average Bonchev–Trinajstić information content (AvgIpc) is 2.20. The van der Waals surface area contributed by atoms with Gasteiger partial charge in [0.2, 0.25) is 0 Å². The molecule has 0 amide bonds. The molecule has 1 aliphatic heterocycles. The van der Waals surface area contributed by atoms with Crippen LogP contribution in [0.25, 0.3) is 0 Å². The molecule has 0 aromatic rings. The van der Waals surface area contributed by atoms with Gasteiger partial charge in [0.15, 0.2) is 0 Å². The van der Waals surface area contributed by atoms with Crippen molar-refractivity contribution in [3.63, 3.8) is 0 Å². The predicted octanol–water partition coefficient (Wildman–Crippen LogP) is 0.646. The van der Waals surface area contributed by atoms with E-state index in [1.165, 1.54) is 0 Å². The van der Waals surface area contributed by atoms with Gasteiger partial charge in [-0.1, -0.05) is 6.92 Å². The molecule has 0 aromatic heterocycles. The lowest BCUT2D eigenvalue weighted by Gasteiger charge is -2.15. The second kappa shape index (κ2) is 4.80. The van der Waals surface area contributed by atoms with Crippen molar-refractivity contribution in [2.75, 3.05) is 26.9 Å². The summed E-state index contributed by atoms with van der Waals surface area (Å²) in [6, 6.07) is 0.548. The van der Waals surface area contributed by atoms with Gasteiger partial charge in [0, 0.05) is 19.7 Å². The van der Waals surface area contributed by atoms with Crippen LogP contribution >= 0.6 is 0 Å². The van der Waals surface area contributed by atoms with E-state index in [0.717, 1.165) is 13.2 Å². The van der Waals surface area contributed by atoms with Gasteiger partial charge in [-0.15, -0.1) is 0 Å². The van der Waals surface area contributed by atoms with Crippen LogP contribution in [0.2, 0.25) is 0 Å². The molecule has 1 heterocycles. The molecule has 1 saturated heterocycles. The summed E-state index contributed by atoms with van der Waals surface area (Å²) in [4.78, 5) is 0. The Morgan fingerprint density at radius 1 is 1.50 bits per heavy atom. The van der Waals surface area contributed by atoms with Gasteiger partial charge in [0.1, 0.15) is 0 Å². The van der Waals surface area contributed by atoms with Crippen LogP contribution in [0.5, 0.6) is 0 Å². The fraction of sp³-hybridized carbons (Fsp3) is 1.00. The van der Waals surface area contributed by atoms with Gasteiger partial charge >= 0.3 is 0 Å². The van der Waals surface area contributed by atoms with Crippen LogP contribution in [-0.4, -0.2) is 39.0 Å². The molecule has 0 spiro atoms. The highest BCUT2D eigenvalue weighted by atomic mass is 16.5. The molecule has 12 heavy (non-hydrogen) atoms. The third-order valence-corrected chi connectivity index (χ3v) is 2.47. The van der Waals surface area contributed by atoms with Crippen LogP contribution in [0.1, 0.15) is 13.8 Å². The fourth-order valence-corrected chi connectivity index (χ4v) is 1.30. The van der Waals surface area contributed by atoms with Gasteiger partial charge in [-0.3, -0.25) is 0 Å². The maximum Gasteiger partial charge on any atom is 0.0932 e. The SMILES string of the molecule is COCC1CNC(C)C(C)CO1. The van der Waals surface area contributed by atoms with Crippen LogP contribution in [0, 0.1) is 5.92 Å². The molecule has 0 saturated carbocycles. The lowest BCUT2D eigenvalue weighted by Crippen LogP contribution is -2.35. The van der Waals surface area contributed by atoms with E-state index in [1.54, 1.807) is 7.11 Å². The van der Waals surface area contributed by atoms with Crippen molar-refractivity contribution in [1.82, 2.24) is 5.32 Å². The van der Waals surface area contributed by atoms with Gasteiger partial charge < -0.3 is 14.8 Å². The Labute approximate surface area is 74.4 Å². The minimum Gasteiger partial charge on any atom is -0.382 e. The van der Waals surface area contributed by atoms with Crippen LogP contribution in [0.4, 0.5) is 0 Å². The summed E-state index contributed by atoms with van der Waals surface area (Å²) >= 11 is 0. The van der Waals surface area contributed by atoms with Gasteiger partial charge in [0.25, 0.3) is 0 Å². The Kier molecular flexibility index (Phi) is 3.98. The number of nitrogens with one attached hydrogen (secondary N) is 1. The lowest BCUT2D eigenvalue weighted by atomic mass is 10.1. The van der Waals surface area contributed by atoms with Gasteiger partial charge in [0.05, 0.1) is 19.3 Å². The first-order valence-corrected chi connectivity index (χ1v) is 4.58. The van der Waals surface area contributed by atoms with Crippen molar-refractivity contribution in [3.05, 3.63) is 0 Å². The lowest BCUT2D eigenvalue weighted by molar-refractivity contribution is -0.000704. The Bertz CT molecular complexity index is 118. The molecule has 3 nitrogen and oxygen atoms in total. The van der Waals surface area contributed by atoms with E-state index in [0.29, 0.717) is 18.6 Å². The zero-order chi connectivity index (χ0) is 8.97. The van der Waals surface area contributed by atoms with Crippen molar-refractivity contribution >= 4 is 0 Å². The smallest absolute Gasteiger partial charge is 0.0932 e. The summed E-state index contributed by atoms with van der Waals surface area (Å²) in [5.41, 5.74) is 0. The summed E-state index contributed by atoms with van der Waals surface area (Å²) in [5, 5.41) is 3.42. The third kappa shape index (κ3) is 2.73. The maximum atomic E-state index is 5.64. The molecular weight excluding hydrogens is 154 g/mol. The highest BCUT2D eigenvalue weighted by Gasteiger charge is 2.20. The first kappa shape index (κ1) is 9.96. The molecule has 3 heteroatoms. The van der Waals surface area contributed by atoms with Crippen LogP contribution in [-0.2, 0) is 9.47 Å². The first-order valence-electron chi connectivity index (χ1n) is 4.58. The van der Waals surface area contributed by atoms with Crippen molar-refractivity contribution in [1.29, 1.82) is 0 Å². The molecular formula is C9H19NO2. The van der Waals surface area contributed by atoms with E-state index in [2.05, 4.69) is 19.2 Å². The Hall–Kier alpha value is -0.120. The predicted molar refractivity (Wildman–Crippen MR) is 48.2 cm³/mol. The fourth-order valence-electron chi connectivity index (χ4n) is 1.30. The van der Waals surface area contributed by atoms with Gasteiger partial charge in [-0.25, -0.2) is 0 Å². The summed E-state index contributed by atoms with van der Waals surface area (Å²) in [5.74, 6) is 0.590. The molecule has 1 aliphatic rings. The van der Waals surface area contributed by atoms with E-state index in [4.69, 9.17) is 9.47 Å². The number of hydrogen-bond donors (Lipinski definition) is 1. The number of rotatable bonds is 2. The third-order valence-electron chi connectivity index (χ3n) is 2.47. The second-order valence-electron chi connectivity index (χ2n) is 3.58. The zero-order valence-electron chi connectivity index (χ0n) is 8.17. The van der Waals surface area contributed by atoms with Crippen molar-refractivity contribution in [2.45, 2.75) is 26.0 Å². The average molecular weight is 173 g/mol. The Balaban J connectivity index is 2.33. The molecule has 0 aromatic carbocycles. The monoisotopic (exact) mass is 173 g/mol. The largest absolute Gasteiger partial charge is 0.382 e. The Morgan fingerprint density at radius 3 is 2.92 bits per heavy atom. The van der Waals surface area contributed by atoms with Gasteiger partial charge in [-0.2, -0.15) is 0 Å². The van der Waals surface area contributed by atoms with Gasteiger partial charge in [-0.05, 0) is 12.8 Å². The van der Waals surface area contributed by atoms with Crippen LogP contribution in [0.15, 0.2) is 0 Å². The Morgan fingerprint density at radius 2 is 2.25 bits per heavy atom. The number of hydrogen-bond acceptors (Lipinski definition) is 3. The summed E-state index contributed by atoms with van der Waals surface area (Å²) in [6.07, 6.45) is 0.224. The van der Waals surface area contributed by atoms with E-state index >= 15 is 0 Å². The summed E-state index contributed by atoms with van der Waals surface area (Å²) in [6.45, 7) is 6.82. The van der Waals surface area contributed by atoms with E-state index in [1.807, 2.05) is 0 Å². The molecule has 3 unspecified atom stereocenters. The minimum atomic E-state index is 0.224. The van der Waals surface area contributed by atoms with E-state index < -0.39 is 0 Å². The molecule has 1 fully saturated rings. The van der Waals surface area contributed by atoms with Crippen LogP contribution < -0.4 is 5.32 Å². The van der Waals surface area contributed by atoms with Crippen molar-refractivity contribution in [3.8, 4) is 0 Å². The molecule has 1 rings (SSSR count). The zero-order valence-corrected chi connectivity index (χ0v) is 8.17. The van der Waals surface area contributed by atoms with Crippen LogP contribution in [0.3, 0.4) is 0 Å². The summed E-state index contributed by atoms with van der Waals surface area (Å²) in [7, 11) is 1.71. The van der Waals surface area contributed by atoms with E-state index in [-0.39, 0.29) is 6.10 Å². The standard InChI is InChI=1S/C9H19NO2/c1-7-5-12-9(6-11-3)4-10-8(7)2/h7-10H,4-6H2,1-3H3. The minimum absolute atomic E-state index is 0.224. The molecule has 1 N–H and O–H groups in total. The maximum absolute atomic E-state index is 5.64. The highest BCUT2D eigenvalue weighted by Crippen LogP contribution is 2.09. The normalized spacial score (nSPS) is 37.8. The summed E-state index contributed by atoms with van der Waals surface area (Å²) < 4.78 is 10.7. The van der Waals surface area contributed by atoms with E-state index in [9.17, 15) is 0 Å². The molecule has 72 valence electrons. The second-order valence-corrected chi connectivity index (χ2v) is 3.58.